The molecule has 146 valence electrons. The fraction of sp³-hybridized carbons (Fsp3) is 0.143. The molecule has 3 N–H and O–H groups in total. The van der Waals surface area contributed by atoms with Crippen LogP contribution in [0.4, 0.5) is 27.7 Å². The normalized spacial score (nSPS) is 13.5. The van der Waals surface area contributed by atoms with Crippen LogP contribution in [0.1, 0.15) is 16.9 Å². The molecule has 0 spiro atoms. The van der Waals surface area contributed by atoms with E-state index in [9.17, 15) is 9.59 Å². The highest BCUT2D eigenvalue weighted by Gasteiger charge is 2.19. The molecule has 8 nitrogen and oxygen atoms in total. The van der Waals surface area contributed by atoms with Crippen molar-refractivity contribution in [2.45, 2.75) is 6.42 Å². The van der Waals surface area contributed by atoms with E-state index in [4.69, 9.17) is 0 Å². The molecule has 0 radical (unpaired) electrons. The molecule has 3 amide bonds. The molecule has 0 saturated carbocycles. The van der Waals surface area contributed by atoms with E-state index in [1.807, 2.05) is 42.5 Å². The Morgan fingerprint density at radius 2 is 1.79 bits per heavy atom. The number of para-hydroxylation sites is 1. The highest BCUT2D eigenvalue weighted by atomic mass is 16.2. The molecule has 1 fully saturated rings. The van der Waals surface area contributed by atoms with Gasteiger partial charge in [0, 0.05) is 30.2 Å². The summed E-state index contributed by atoms with van der Waals surface area (Å²) in [6.45, 7) is 1.38. The second-order valence-corrected chi connectivity index (χ2v) is 6.54. The summed E-state index contributed by atoms with van der Waals surface area (Å²) in [5, 5.41) is 16.8. The van der Waals surface area contributed by atoms with Crippen LogP contribution < -0.4 is 20.9 Å². The first-order valence-electron chi connectivity index (χ1n) is 9.32. The number of rotatable bonds is 5. The van der Waals surface area contributed by atoms with Crippen molar-refractivity contribution in [3.63, 3.8) is 0 Å². The molecule has 3 aromatic rings. The summed E-state index contributed by atoms with van der Waals surface area (Å²) in [6.07, 6.45) is 0.904. The summed E-state index contributed by atoms with van der Waals surface area (Å²) in [5.74, 6) is 0.176. The van der Waals surface area contributed by atoms with E-state index < -0.39 is 0 Å². The van der Waals surface area contributed by atoms with Gasteiger partial charge in [0.2, 0.25) is 0 Å². The van der Waals surface area contributed by atoms with E-state index in [0.29, 0.717) is 24.6 Å². The molecule has 2 aromatic carbocycles. The van der Waals surface area contributed by atoms with Gasteiger partial charge in [-0.2, -0.15) is 0 Å². The summed E-state index contributed by atoms with van der Waals surface area (Å²) < 4.78 is 0. The molecular formula is C21H20N6O2. The van der Waals surface area contributed by atoms with Gasteiger partial charge in [0.15, 0.2) is 11.5 Å². The quantitative estimate of drug-likeness (QED) is 0.622. The number of anilines is 4. The first kappa shape index (κ1) is 18.4. The summed E-state index contributed by atoms with van der Waals surface area (Å²) in [5.41, 5.74) is 2.49. The Labute approximate surface area is 168 Å². The summed E-state index contributed by atoms with van der Waals surface area (Å²) in [7, 11) is 0. The Bertz CT molecular complexity index is 1010. The van der Waals surface area contributed by atoms with E-state index in [2.05, 4.69) is 26.1 Å². The molecule has 8 heteroatoms. The zero-order valence-corrected chi connectivity index (χ0v) is 15.6. The van der Waals surface area contributed by atoms with Crippen LogP contribution in [0.3, 0.4) is 0 Å². The predicted octanol–water partition coefficient (Wildman–Crippen LogP) is 3.39. The zero-order valence-electron chi connectivity index (χ0n) is 15.6. The fourth-order valence-corrected chi connectivity index (χ4v) is 3.01. The fourth-order valence-electron chi connectivity index (χ4n) is 3.01. The summed E-state index contributed by atoms with van der Waals surface area (Å²) >= 11 is 0. The monoisotopic (exact) mass is 388 g/mol. The maximum absolute atomic E-state index is 12.3. The minimum absolute atomic E-state index is 0.0954. The SMILES string of the molecule is O=C(Nc1ccccc1)c1ccc(Nc2cccc(N3CCCNC3=O)c2)nn1. The van der Waals surface area contributed by atoms with Gasteiger partial charge in [0.05, 0.1) is 0 Å². The Balaban J connectivity index is 1.43. The van der Waals surface area contributed by atoms with Gasteiger partial charge in [-0.1, -0.05) is 24.3 Å². The van der Waals surface area contributed by atoms with E-state index in [1.54, 1.807) is 29.2 Å². The Morgan fingerprint density at radius 3 is 2.55 bits per heavy atom. The summed E-state index contributed by atoms with van der Waals surface area (Å²) in [4.78, 5) is 26.0. The first-order valence-corrected chi connectivity index (χ1v) is 9.32. The third-order valence-corrected chi connectivity index (χ3v) is 4.44. The average Bonchev–Trinajstić information content (AvgIpc) is 2.75. The molecule has 29 heavy (non-hydrogen) atoms. The Hall–Kier alpha value is -3.94. The highest BCUT2D eigenvalue weighted by Crippen LogP contribution is 2.23. The van der Waals surface area contributed by atoms with Gasteiger partial charge < -0.3 is 16.0 Å². The van der Waals surface area contributed by atoms with Gasteiger partial charge in [-0.3, -0.25) is 9.69 Å². The van der Waals surface area contributed by atoms with E-state index in [-0.39, 0.29) is 17.6 Å². The standard InChI is InChI=1S/C21H20N6O2/c28-20(24-15-6-2-1-3-7-15)18-10-11-19(26-25-18)23-16-8-4-9-17(14-16)27-13-5-12-22-21(27)29/h1-4,6-11,14H,5,12-13H2,(H,22,29)(H,23,26)(H,24,28). The minimum atomic E-state index is -0.326. The Morgan fingerprint density at radius 1 is 0.966 bits per heavy atom. The van der Waals surface area contributed by atoms with E-state index in [0.717, 1.165) is 17.8 Å². The number of carbonyl (C=O) groups is 2. The summed E-state index contributed by atoms with van der Waals surface area (Å²) in [6, 6.07) is 19.9. The number of hydrogen-bond donors (Lipinski definition) is 3. The number of hydrogen-bond acceptors (Lipinski definition) is 5. The van der Waals surface area contributed by atoms with Crippen molar-refractivity contribution >= 4 is 34.8 Å². The number of amides is 3. The van der Waals surface area contributed by atoms with Crippen molar-refractivity contribution in [2.75, 3.05) is 28.6 Å². The molecule has 2 heterocycles. The van der Waals surface area contributed by atoms with E-state index in [1.165, 1.54) is 0 Å². The minimum Gasteiger partial charge on any atom is -0.339 e. The average molecular weight is 388 g/mol. The van der Waals surface area contributed by atoms with Gasteiger partial charge in [-0.15, -0.1) is 10.2 Å². The molecule has 1 saturated heterocycles. The van der Waals surface area contributed by atoms with Crippen molar-refractivity contribution in [3.8, 4) is 0 Å². The molecular weight excluding hydrogens is 368 g/mol. The van der Waals surface area contributed by atoms with Crippen LogP contribution >= 0.6 is 0 Å². The molecule has 0 bridgehead atoms. The lowest BCUT2D eigenvalue weighted by atomic mass is 10.2. The largest absolute Gasteiger partial charge is 0.339 e. The third-order valence-electron chi connectivity index (χ3n) is 4.44. The second kappa shape index (κ2) is 8.39. The van der Waals surface area contributed by atoms with Crippen molar-refractivity contribution in [1.29, 1.82) is 0 Å². The van der Waals surface area contributed by atoms with Crippen molar-refractivity contribution in [3.05, 3.63) is 72.4 Å². The van der Waals surface area contributed by atoms with Gasteiger partial charge in [-0.05, 0) is 48.9 Å². The van der Waals surface area contributed by atoms with Crippen LogP contribution in [-0.2, 0) is 0 Å². The van der Waals surface area contributed by atoms with Crippen molar-refractivity contribution < 1.29 is 9.59 Å². The molecule has 1 aliphatic rings. The van der Waals surface area contributed by atoms with Gasteiger partial charge >= 0.3 is 6.03 Å². The lowest BCUT2D eigenvalue weighted by Gasteiger charge is -2.27. The molecule has 4 rings (SSSR count). The van der Waals surface area contributed by atoms with Gasteiger partial charge in [0.1, 0.15) is 0 Å². The lowest BCUT2D eigenvalue weighted by Crippen LogP contribution is -2.46. The molecule has 1 aliphatic heterocycles. The number of nitrogens with zero attached hydrogens (tertiary/aromatic N) is 3. The van der Waals surface area contributed by atoms with Crippen molar-refractivity contribution in [1.82, 2.24) is 15.5 Å². The first-order chi connectivity index (χ1) is 14.2. The third kappa shape index (κ3) is 4.49. The van der Waals surface area contributed by atoms with Crippen LogP contribution in [0.5, 0.6) is 0 Å². The van der Waals surface area contributed by atoms with Crippen LogP contribution in [0, 0.1) is 0 Å². The predicted molar refractivity (Wildman–Crippen MR) is 112 cm³/mol. The molecule has 0 unspecified atom stereocenters. The highest BCUT2D eigenvalue weighted by molar-refractivity contribution is 6.02. The maximum Gasteiger partial charge on any atom is 0.321 e. The second-order valence-electron chi connectivity index (χ2n) is 6.54. The number of carbonyl (C=O) groups excluding carboxylic acids is 2. The molecule has 1 aromatic heterocycles. The molecule has 0 aliphatic carbocycles. The number of nitrogens with one attached hydrogen (secondary N) is 3. The number of aromatic nitrogens is 2. The van der Waals surface area contributed by atoms with Gasteiger partial charge in [0.25, 0.3) is 5.91 Å². The smallest absolute Gasteiger partial charge is 0.321 e. The van der Waals surface area contributed by atoms with Crippen LogP contribution in [0.15, 0.2) is 66.7 Å². The van der Waals surface area contributed by atoms with Crippen LogP contribution in [0.25, 0.3) is 0 Å². The lowest BCUT2D eigenvalue weighted by molar-refractivity contribution is 0.102. The van der Waals surface area contributed by atoms with Crippen LogP contribution in [-0.4, -0.2) is 35.2 Å². The number of benzene rings is 2. The number of urea groups is 1. The zero-order chi connectivity index (χ0) is 20.1. The van der Waals surface area contributed by atoms with Gasteiger partial charge in [-0.25, -0.2) is 4.79 Å². The molecule has 0 atom stereocenters. The van der Waals surface area contributed by atoms with E-state index >= 15 is 0 Å². The Kier molecular flexibility index (Phi) is 5.33. The maximum atomic E-state index is 12.3. The van der Waals surface area contributed by atoms with Crippen LogP contribution in [0.2, 0.25) is 0 Å². The topological polar surface area (TPSA) is 99.2 Å². The van der Waals surface area contributed by atoms with Crippen molar-refractivity contribution in [2.24, 2.45) is 0 Å².